The first-order valence-electron chi connectivity index (χ1n) is 18.0. The normalized spacial score (nSPS) is 11.6. The van der Waals surface area contributed by atoms with Crippen molar-refractivity contribution in [2.45, 2.75) is 70.6 Å². The zero-order valence-electron chi connectivity index (χ0n) is 33.9. The largest absolute Gasteiger partial charge is 1.00 e. The van der Waals surface area contributed by atoms with Crippen LogP contribution in [0, 0.1) is 6.92 Å². The van der Waals surface area contributed by atoms with Gasteiger partial charge < -0.3 is 24.6 Å². The Kier molecular flexibility index (Phi) is 30.2. The number of benzene rings is 3. The zero-order valence-corrected chi connectivity index (χ0v) is 38.0. The summed E-state index contributed by atoms with van der Waals surface area (Å²) in [6, 6.07) is 19.1. The zero-order chi connectivity index (χ0) is 43.6. The molecular formula is C36H57BLiN2O17S5. The molecule has 62 heavy (non-hydrogen) atoms. The Hall–Kier alpha value is -2.93. The maximum absolute atomic E-state index is 12.6. The molecule has 0 bridgehead atoms. The molecule has 0 fully saturated rings. The molecule has 0 amide bonds. The van der Waals surface area contributed by atoms with Crippen LogP contribution in [0.1, 0.15) is 64.4 Å². The Balaban J connectivity index is -0.00000111. The maximum atomic E-state index is 12.6. The van der Waals surface area contributed by atoms with Crippen LogP contribution in [0.15, 0.2) is 77.7 Å². The van der Waals surface area contributed by atoms with E-state index in [2.05, 4.69) is 0 Å². The van der Waals surface area contributed by atoms with Crippen LogP contribution in [-0.4, -0.2) is 128 Å². The van der Waals surface area contributed by atoms with Crippen molar-refractivity contribution in [1.29, 1.82) is 0 Å². The summed E-state index contributed by atoms with van der Waals surface area (Å²) in [5.41, 5.74) is 2.23. The van der Waals surface area contributed by atoms with E-state index in [1.807, 2.05) is 16.7 Å². The summed E-state index contributed by atoms with van der Waals surface area (Å²) in [5.74, 6) is -1.23. The van der Waals surface area contributed by atoms with Crippen molar-refractivity contribution in [1.82, 2.24) is 0 Å². The van der Waals surface area contributed by atoms with E-state index in [1.54, 1.807) is 42.5 Å². The van der Waals surface area contributed by atoms with Gasteiger partial charge in [-0.05, 0) is 94.7 Å². The van der Waals surface area contributed by atoms with Crippen LogP contribution in [0.4, 0.5) is 11.4 Å². The minimum atomic E-state index is -4.08. The number of hydrogen-bond acceptors (Lipinski definition) is 15. The number of nitrogens with zero attached hydrogens (tertiary/aromatic N) is 2. The molecular weight excluding hydrogens is 910 g/mol. The third-order valence-corrected chi connectivity index (χ3v) is 12.7. The van der Waals surface area contributed by atoms with E-state index in [4.69, 9.17) is 22.4 Å². The van der Waals surface area contributed by atoms with E-state index in [0.29, 0.717) is 70.4 Å². The van der Waals surface area contributed by atoms with Gasteiger partial charge in [0, 0.05) is 58.1 Å². The van der Waals surface area contributed by atoms with Crippen molar-refractivity contribution in [2.75, 3.05) is 59.0 Å². The fourth-order valence-corrected chi connectivity index (χ4v) is 8.59. The summed E-state index contributed by atoms with van der Waals surface area (Å²) in [6.07, 6.45) is 2.83. The van der Waals surface area contributed by atoms with Crippen molar-refractivity contribution >= 4 is 70.4 Å². The number of unbranched alkanes of at least 4 members (excludes halogenated alkanes) is 4. The van der Waals surface area contributed by atoms with Crippen molar-refractivity contribution in [3.05, 3.63) is 78.4 Å². The van der Waals surface area contributed by atoms with Gasteiger partial charge in [0.05, 0.1) is 23.0 Å². The fraction of sp³-hybridized carbons (Fsp3) is 0.500. The predicted molar refractivity (Wildman–Crippen MR) is 235 cm³/mol. The van der Waals surface area contributed by atoms with Gasteiger partial charge in [-0.15, -0.1) is 0 Å². The van der Waals surface area contributed by atoms with Gasteiger partial charge in [-0.1, -0.05) is 37.3 Å². The van der Waals surface area contributed by atoms with E-state index in [1.165, 1.54) is 30.3 Å². The van der Waals surface area contributed by atoms with Gasteiger partial charge >= 0.3 is 29.0 Å². The van der Waals surface area contributed by atoms with Gasteiger partial charge in [0.15, 0.2) is 0 Å². The van der Waals surface area contributed by atoms with Gasteiger partial charge in [-0.3, -0.25) is 18.2 Å². The summed E-state index contributed by atoms with van der Waals surface area (Å²) >= 11 is 0. The molecule has 0 saturated heterocycles. The van der Waals surface area contributed by atoms with Crippen molar-refractivity contribution in [3.63, 3.8) is 0 Å². The van der Waals surface area contributed by atoms with E-state index in [9.17, 15) is 47.2 Å². The standard InChI is InChI=1S/C21H29NO9S3.C14H23NO7S2.CH4.B.Li.H2O/c1-18-9-11-21(12-10-18)34(29,30)31-20-8-6-7-19(17-20)22(13-2-4-15-32(23,24)25)14-3-5-16-33(26,27)28;16-14-7-5-6-13(12-14)15(8-1-3-10-23(17,18)19)9-2-4-11-24(20,21)22;;;;/h6-12,17H,2-5,13-16H2,1H3,(H,23,24,25)(H,26,27,28);5-7,12,16H,1-4,8-11H2,(H,17,18,19)(H,20,21,22);1H4;;;1H2/q;;;;+1;/p-1. The molecule has 0 aliphatic carbocycles. The first-order valence-corrected chi connectivity index (χ1v) is 25.9. The summed E-state index contributed by atoms with van der Waals surface area (Å²) in [5, 5.41) is 9.57. The van der Waals surface area contributed by atoms with Crippen LogP contribution in [-0.2, 0) is 50.6 Å². The SMILES string of the molecule is C.Cc1ccc(S(=O)(=O)Oc2cccc(N(CCCCS(=O)(=O)O)CCCCS(=O)(=O)O)c2)cc1.O=S(=O)(O)CCCCN(CCCCS(=O)(=O)O)c1cccc(O)c1.[B].[Li+].[OH-]. The van der Waals surface area contributed by atoms with E-state index in [0.717, 1.165) is 11.3 Å². The molecule has 0 aliphatic heterocycles. The molecule has 6 N–H and O–H groups in total. The summed E-state index contributed by atoms with van der Waals surface area (Å²) in [7, 11) is -20.2. The molecule has 0 saturated carbocycles. The van der Waals surface area contributed by atoms with Crippen LogP contribution in [0.25, 0.3) is 0 Å². The monoisotopic (exact) mass is 967 g/mol. The van der Waals surface area contributed by atoms with Gasteiger partial charge in [0.1, 0.15) is 16.4 Å². The fourth-order valence-electron chi connectivity index (χ4n) is 5.39. The number of phenolic OH excluding ortho intramolecular Hbond substituents is 1. The number of rotatable bonds is 25. The molecule has 0 spiro atoms. The number of aromatic hydroxyl groups is 1. The van der Waals surface area contributed by atoms with Gasteiger partial charge in [0.2, 0.25) is 0 Å². The van der Waals surface area contributed by atoms with Crippen LogP contribution < -0.4 is 32.8 Å². The van der Waals surface area contributed by atoms with E-state index < -0.39 is 50.6 Å². The molecule has 3 aromatic carbocycles. The topological polar surface area (TPSA) is 318 Å². The predicted octanol–water partition coefficient (Wildman–Crippen LogP) is 1.52. The maximum Gasteiger partial charge on any atom is 1.00 e. The molecule has 347 valence electrons. The Labute approximate surface area is 381 Å². The molecule has 0 aliphatic rings. The van der Waals surface area contributed by atoms with Crippen molar-refractivity contribution < 1.29 is 93.9 Å². The molecule has 3 aromatic rings. The molecule has 0 aromatic heterocycles. The number of aryl methyl sites for hydroxylation is 1. The summed E-state index contributed by atoms with van der Waals surface area (Å²) in [4.78, 5) is 3.74. The third kappa shape index (κ3) is 29.4. The van der Waals surface area contributed by atoms with Crippen molar-refractivity contribution in [3.8, 4) is 11.5 Å². The number of anilines is 2. The molecule has 3 radical (unpaired) electrons. The average Bonchev–Trinajstić information content (AvgIpc) is 3.09. The first-order chi connectivity index (χ1) is 26.8. The second-order valence-corrected chi connectivity index (χ2v) is 21.1. The first kappa shape index (κ1) is 63.4. The quantitative estimate of drug-likeness (QED) is 0.0348. The van der Waals surface area contributed by atoms with Crippen LogP contribution in [0.5, 0.6) is 11.5 Å². The molecule has 0 atom stereocenters. The van der Waals surface area contributed by atoms with Gasteiger partial charge in [-0.25, -0.2) is 0 Å². The van der Waals surface area contributed by atoms with Crippen LogP contribution in [0.2, 0.25) is 0 Å². The van der Waals surface area contributed by atoms with Gasteiger partial charge in [-0.2, -0.15) is 42.1 Å². The Bertz CT molecular complexity index is 2220. The third-order valence-electron chi connectivity index (χ3n) is 8.21. The average molecular weight is 968 g/mol. The molecule has 0 unspecified atom stereocenters. The number of hydrogen-bond donors (Lipinski definition) is 5. The van der Waals surface area contributed by atoms with E-state index >= 15 is 0 Å². The molecule has 3 rings (SSSR count). The second-order valence-electron chi connectivity index (χ2n) is 13.3. The smallest absolute Gasteiger partial charge is 0.870 e. The van der Waals surface area contributed by atoms with Crippen LogP contribution >= 0.6 is 0 Å². The van der Waals surface area contributed by atoms with E-state index in [-0.39, 0.29) is 92.4 Å². The molecule has 19 nitrogen and oxygen atoms in total. The Morgan fingerprint density at radius 3 is 1.19 bits per heavy atom. The minimum Gasteiger partial charge on any atom is -0.870 e. The second kappa shape index (κ2) is 29.5. The molecule has 26 heteroatoms. The van der Waals surface area contributed by atoms with Crippen molar-refractivity contribution in [2.24, 2.45) is 0 Å². The Morgan fingerprint density at radius 2 is 0.855 bits per heavy atom. The minimum absolute atomic E-state index is 0. The number of phenols is 1. The summed E-state index contributed by atoms with van der Waals surface area (Å²) < 4.78 is 152. The summed E-state index contributed by atoms with van der Waals surface area (Å²) in [6.45, 7) is 3.56. The van der Waals surface area contributed by atoms with Gasteiger partial charge in [0.25, 0.3) is 40.5 Å². The van der Waals surface area contributed by atoms with Crippen LogP contribution in [0.3, 0.4) is 0 Å². The Morgan fingerprint density at radius 1 is 0.516 bits per heavy atom. The molecule has 0 heterocycles.